The third kappa shape index (κ3) is 4.66. The second-order valence-corrected chi connectivity index (χ2v) is 7.01. The van der Waals surface area contributed by atoms with E-state index in [9.17, 15) is 13.2 Å². The van der Waals surface area contributed by atoms with Crippen LogP contribution in [0.15, 0.2) is 41.0 Å². The van der Waals surface area contributed by atoms with Crippen molar-refractivity contribution in [3.05, 3.63) is 42.4 Å². The van der Waals surface area contributed by atoms with Crippen LogP contribution in [-0.4, -0.2) is 47.9 Å². The zero-order valence-corrected chi connectivity index (χ0v) is 15.0. The molecular formula is C16H20N2O6S. The molecule has 0 atom stereocenters. The Morgan fingerprint density at radius 3 is 2.56 bits per heavy atom. The first-order valence-corrected chi connectivity index (χ1v) is 9.23. The van der Waals surface area contributed by atoms with Gasteiger partial charge in [0.2, 0.25) is 10.0 Å². The van der Waals surface area contributed by atoms with Crippen molar-refractivity contribution in [2.24, 2.45) is 0 Å². The Bertz CT molecular complexity index is 817. The van der Waals surface area contributed by atoms with Crippen LogP contribution in [0, 0.1) is 0 Å². The standard InChI is InChI=1S/C16H20N2O6S/c1-22-12-6-7-14(23-2)13(11-12)18(25(3,20)21)9-8-17-16(19)15-5-4-10-24-15/h4-7,10-11H,8-9H2,1-3H3,(H,17,19). The highest BCUT2D eigenvalue weighted by Crippen LogP contribution is 2.33. The van der Waals surface area contributed by atoms with Crippen molar-refractivity contribution in [1.82, 2.24) is 5.32 Å². The fourth-order valence-corrected chi connectivity index (χ4v) is 3.15. The van der Waals surface area contributed by atoms with Gasteiger partial charge in [0.15, 0.2) is 5.76 Å². The Hall–Kier alpha value is -2.68. The average Bonchev–Trinajstić information content (AvgIpc) is 3.11. The highest BCUT2D eigenvalue weighted by molar-refractivity contribution is 7.92. The summed E-state index contributed by atoms with van der Waals surface area (Å²) in [7, 11) is -0.669. The molecule has 9 heteroatoms. The van der Waals surface area contributed by atoms with Gasteiger partial charge in [-0.1, -0.05) is 0 Å². The smallest absolute Gasteiger partial charge is 0.287 e. The zero-order chi connectivity index (χ0) is 18.4. The molecule has 1 aromatic carbocycles. The number of amides is 1. The molecule has 136 valence electrons. The van der Waals surface area contributed by atoms with Crippen molar-refractivity contribution >= 4 is 21.6 Å². The number of sulfonamides is 1. The molecule has 0 aliphatic carbocycles. The molecule has 1 heterocycles. The van der Waals surface area contributed by atoms with Crippen LogP contribution in [0.25, 0.3) is 0 Å². The molecule has 25 heavy (non-hydrogen) atoms. The predicted octanol–water partition coefficient (Wildman–Crippen LogP) is 1.49. The lowest BCUT2D eigenvalue weighted by Crippen LogP contribution is -2.38. The average molecular weight is 368 g/mol. The minimum Gasteiger partial charge on any atom is -0.497 e. The number of benzene rings is 1. The number of ether oxygens (including phenoxy) is 2. The number of rotatable bonds is 8. The Kier molecular flexibility index (Phi) is 5.92. The molecule has 0 aliphatic rings. The summed E-state index contributed by atoms with van der Waals surface area (Å²) in [4.78, 5) is 11.9. The van der Waals surface area contributed by atoms with Gasteiger partial charge < -0.3 is 19.2 Å². The highest BCUT2D eigenvalue weighted by atomic mass is 32.2. The molecule has 2 rings (SSSR count). The number of carbonyl (C=O) groups is 1. The minimum absolute atomic E-state index is 0.0226. The lowest BCUT2D eigenvalue weighted by atomic mass is 10.2. The zero-order valence-electron chi connectivity index (χ0n) is 14.2. The van der Waals surface area contributed by atoms with Crippen LogP contribution in [0.4, 0.5) is 5.69 Å². The van der Waals surface area contributed by atoms with Crippen LogP contribution < -0.4 is 19.1 Å². The van der Waals surface area contributed by atoms with Crippen LogP contribution in [0.2, 0.25) is 0 Å². The first-order chi connectivity index (χ1) is 11.9. The fourth-order valence-electron chi connectivity index (χ4n) is 2.22. The van der Waals surface area contributed by atoms with Gasteiger partial charge in [-0.05, 0) is 24.3 Å². The molecule has 0 radical (unpaired) electrons. The van der Waals surface area contributed by atoms with Crippen molar-refractivity contribution < 1.29 is 27.1 Å². The largest absolute Gasteiger partial charge is 0.497 e. The van der Waals surface area contributed by atoms with Gasteiger partial charge >= 0.3 is 0 Å². The molecule has 1 N–H and O–H groups in total. The number of furan rings is 1. The first kappa shape index (κ1) is 18.7. The molecule has 1 amide bonds. The summed E-state index contributed by atoms with van der Waals surface area (Å²) in [5.74, 6) is 0.605. The molecule has 1 aromatic heterocycles. The van der Waals surface area contributed by atoms with Gasteiger partial charge in [0.25, 0.3) is 5.91 Å². The number of hydrogen-bond acceptors (Lipinski definition) is 6. The molecule has 0 spiro atoms. The van der Waals surface area contributed by atoms with Crippen LogP contribution in [-0.2, 0) is 10.0 Å². The van der Waals surface area contributed by atoms with Gasteiger partial charge in [-0.3, -0.25) is 9.10 Å². The molecule has 0 saturated heterocycles. The van der Waals surface area contributed by atoms with E-state index in [0.29, 0.717) is 17.2 Å². The van der Waals surface area contributed by atoms with E-state index in [1.807, 2.05) is 0 Å². The minimum atomic E-state index is -3.60. The van der Waals surface area contributed by atoms with Crippen molar-refractivity contribution in [1.29, 1.82) is 0 Å². The number of carbonyl (C=O) groups excluding carboxylic acids is 1. The second kappa shape index (κ2) is 7.93. The summed E-state index contributed by atoms with van der Waals surface area (Å²) < 4.78 is 40.9. The molecule has 0 saturated carbocycles. The lowest BCUT2D eigenvalue weighted by Gasteiger charge is -2.24. The van der Waals surface area contributed by atoms with Gasteiger partial charge in [0, 0.05) is 12.6 Å². The third-order valence-electron chi connectivity index (χ3n) is 3.40. The van der Waals surface area contributed by atoms with Crippen LogP contribution in [0.3, 0.4) is 0 Å². The molecule has 0 fully saturated rings. The van der Waals surface area contributed by atoms with Crippen LogP contribution >= 0.6 is 0 Å². The van der Waals surface area contributed by atoms with E-state index in [2.05, 4.69) is 5.32 Å². The van der Waals surface area contributed by atoms with E-state index in [1.165, 1.54) is 26.5 Å². The van der Waals surface area contributed by atoms with E-state index in [-0.39, 0.29) is 18.8 Å². The van der Waals surface area contributed by atoms with Gasteiger partial charge in [0.05, 0.1) is 39.0 Å². The van der Waals surface area contributed by atoms with Crippen molar-refractivity contribution in [2.45, 2.75) is 0 Å². The fraction of sp³-hybridized carbons (Fsp3) is 0.312. The second-order valence-electron chi connectivity index (χ2n) is 5.11. The Morgan fingerprint density at radius 1 is 1.24 bits per heavy atom. The summed E-state index contributed by atoms with van der Waals surface area (Å²) >= 11 is 0. The summed E-state index contributed by atoms with van der Waals surface area (Å²) in [6.45, 7) is 0.113. The summed E-state index contributed by atoms with van der Waals surface area (Å²) in [5, 5.41) is 2.61. The highest BCUT2D eigenvalue weighted by Gasteiger charge is 2.22. The summed E-state index contributed by atoms with van der Waals surface area (Å²) in [6, 6.07) is 7.97. The number of hydrogen-bond donors (Lipinski definition) is 1. The number of nitrogens with zero attached hydrogens (tertiary/aromatic N) is 1. The molecule has 0 aliphatic heterocycles. The summed E-state index contributed by atoms with van der Waals surface area (Å²) in [6.07, 6.45) is 2.47. The van der Waals surface area contributed by atoms with Crippen LogP contribution in [0.5, 0.6) is 11.5 Å². The van der Waals surface area contributed by atoms with E-state index >= 15 is 0 Å². The number of methoxy groups -OCH3 is 2. The maximum absolute atomic E-state index is 12.2. The van der Waals surface area contributed by atoms with E-state index < -0.39 is 15.9 Å². The van der Waals surface area contributed by atoms with Gasteiger partial charge in [-0.25, -0.2) is 8.42 Å². The monoisotopic (exact) mass is 368 g/mol. The Balaban J connectivity index is 2.19. The molecule has 0 unspecified atom stereocenters. The maximum Gasteiger partial charge on any atom is 0.287 e. The third-order valence-corrected chi connectivity index (χ3v) is 4.58. The van der Waals surface area contributed by atoms with Gasteiger partial charge in [0.1, 0.15) is 11.5 Å². The van der Waals surface area contributed by atoms with Crippen molar-refractivity contribution in [2.75, 3.05) is 37.9 Å². The number of nitrogens with one attached hydrogen (secondary N) is 1. The Labute approximate surface area is 146 Å². The normalized spacial score (nSPS) is 11.0. The quantitative estimate of drug-likeness (QED) is 0.758. The van der Waals surface area contributed by atoms with Gasteiger partial charge in [-0.2, -0.15) is 0 Å². The van der Waals surface area contributed by atoms with E-state index in [1.54, 1.807) is 24.3 Å². The van der Waals surface area contributed by atoms with Gasteiger partial charge in [-0.15, -0.1) is 0 Å². The van der Waals surface area contributed by atoms with Crippen molar-refractivity contribution in [3.63, 3.8) is 0 Å². The summed E-state index contributed by atoms with van der Waals surface area (Å²) in [5.41, 5.74) is 0.330. The van der Waals surface area contributed by atoms with E-state index in [0.717, 1.165) is 10.6 Å². The molecular weight excluding hydrogens is 348 g/mol. The Morgan fingerprint density at radius 2 is 2.00 bits per heavy atom. The van der Waals surface area contributed by atoms with Crippen molar-refractivity contribution in [3.8, 4) is 11.5 Å². The lowest BCUT2D eigenvalue weighted by molar-refractivity contribution is 0.0927. The number of anilines is 1. The molecule has 2 aromatic rings. The van der Waals surface area contributed by atoms with E-state index in [4.69, 9.17) is 13.9 Å². The molecule has 0 bridgehead atoms. The maximum atomic E-state index is 12.2. The first-order valence-electron chi connectivity index (χ1n) is 7.38. The SMILES string of the molecule is COc1ccc(OC)c(N(CCNC(=O)c2ccco2)S(C)(=O)=O)c1. The molecule has 8 nitrogen and oxygen atoms in total. The van der Waals surface area contributed by atoms with Crippen LogP contribution in [0.1, 0.15) is 10.6 Å². The predicted molar refractivity (Wildman–Crippen MR) is 92.8 cm³/mol. The topological polar surface area (TPSA) is 98.1 Å².